The zero-order chi connectivity index (χ0) is 21.3. The molecule has 4 N–H and O–H groups in total. The Morgan fingerprint density at radius 1 is 1.30 bits per heavy atom. The molecular formula is C21H31N5O4. The van der Waals surface area contributed by atoms with Gasteiger partial charge in [0.2, 0.25) is 18.2 Å². The van der Waals surface area contributed by atoms with Crippen molar-refractivity contribution in [1.82, 2.24) is 10.2 Å². The highest BCUT2D eigenvalue weighted by molar-refractivity contribution is 6.02. The largest absolute Gasteiger partial charge is 0.374 e. The Morgan fingerprint density at radius 2 is 2.13 bits per heavy atom. The number of hydrogen-bond donors (Lipinski definition) is 3. The number of rotatable bonds is 6. The van der Waals surface area contributed by atoms with Crippen LogP contribution in [0.1, 0.15) is 24.8 Å². The van der Waals surface area contributed by atoms with Crippen LogP contribution >= 0.6 is 0 Å². The number of ether oxygens (including phenoxy) is 1. The maximum absolute atomic E-state index is 12.3. The van der Waals surface area contributed by atoms with Gasteiger partial charge in [-0.05, 0) is 43.5 Å². The Kier molecular flexibility index (Phi) is 6.24. The quantitative estimate of drug-likeness (QED) is 0.537. The predicted molar refractivity (Wildman–Crippen MR) is 113 cm³/mol. The standard InChI is InChI=1S/C21H31N5O4/c1-24-18-11-14(3-2-8-25-9-10-30-15(12-22)13-25)4-5-16(18)26(21(24)29)17-6-7-19(27)23-20(17)28/h4-5,11,15,17,21,29H,2-3,6-10,12-13,22H2,1H3,(H,23,27,28)/t15-,17?,21?/m1/s1. The molecule has 1 aromatic rings. The van der Waals surface area contributed by atoms with E-state index in [-0.39, 0.29) is 24.3 Å². The molecule has 4 rings (SSSR count). The number of imide groups is 1. The van der Waals surface area contributed by atoms with E-state index in [9.17, 15) is 14.7 Å². The van der Waals surface area contributed by atoms with Crippen LogP contribution < -0.4 is 20.9 Å². The molecule has 3 heterocycles. The second-order valence-electron chi connectivity index (χ2n) is 8.29. The third-order valence-electron chi connectivity index (χ3n) is 6.26. The number of carbonyl (C=O) groups excluding carboxylic acids is 2. The van der Waals surface area contributed by atoms with E-state index in [0.717, 1.165) is 50.5 Å². The lowest BCUT2D eigenvalue weighted by atomic mass is 10.0. The molecule has 3 atom stereocenters. The Labute approximate surface area is 176 Å². The SMILES string of the molecule is CN1c2cc(CCCN3CCO[C@H](CN)C3)ccc2N(C2CCC(=O)NC2=O)C1O. The van der Waals surface area contributed by atoms with Crippen LogP contribution in [0, 0.1) is 0 Å². The second-order valence-corrected chi connectivity index (χ2v) is 8.29. The van der Waals surface area contributed by atoms with E-state index in [0.29, 0.717) is 13.0 Å². The van der Waals surface area contributed by atoms with Crippen molar-refractivity contribution in [3.05, 3.63) is 23.8 Å². The number of amides is 2. The third-order valence-corrected chi connectivity index (χ3v) is 6.26. The topological polar surface area (TPSA) is 111 Å². The number of hydrogen-bond acceptors (Lipinski definition) is 8. The van der Waals surface area contributed by atoms with Gasteiger partial charge in [-0.3, -0.25) is 19.8 Å². The first-order valence-electron chi connectivity index (χ1n) is 10.7. The first-order valence-corrected chi connectivity index (χ1v) is 10.7. The number of anilines is 2. The number of nitrogens with one attached hydrogen (secondary N) is 1. The lowest BCUT2D eigenvalue weighted by molar-refractivity contribution is -0.134. The average molecular weight is 418 g/mol. The summed E-state index contributed by atoms with van der Waals surface area (Å²) in [6, 6.07) is 5.57. The number of benzene rings is 1. The smallest absolute Gasteiger partial charge is 0.249 e. The minimum absolute atomic E-state index is 0.132. The second kappa shape index (κ2) is 8.89. The van der Waals surface area contributed by atoms with Gasteiger partial charge in [-0.2, -0.15) is 0 Å². The van der Waals surface area contributed by atoms with Crippen molar-refractivity contribution in [1.29, 1.82) is 0 Å². The van der Waals surface area contributed by atoms with E-state index in [1.165, 1.54) is 5.56 Å². The molecule has 0 spiro atoms. The van der Waals surface area contributed by atoms with Gasteiger partial charge in [-0.15, -0.1) is 0 Å². The highest BCUT2D eigenvalue weighted by Crippen LogP contribution is 2.41. The van der Waals surface area contributed by atoms with Crippen LogP contribution in [0.3, 0.4) is 0 Å². The average Bonchev–Trinajstić information content (AvgIpc) is 2.99. The van der Waals surface area contributed by atoms with Crippen molar-refractivity contribution >= 4 is 23.2 Å². The number of carbonyl (C=O) groups is 2. The van der Waals surface area contributed by atoms with E-state index in [2.05, 4.69) is 22.3 Å². The number of aliphatic hydroxyl groups excluding tert-OH is 1. The molecule has 0 saturated carbocycles. The van der Waals surface area contributed by atoms with Crippen LogP contribution in [0.25, 0.3) is 0 Å². The van der Waals surface area contributed by atoms with Gasteiger partial charge in [0.1, 0.15) is 6.04 Å². The van der Waals surface area contributed by atoms with E-state index < -0.39 is 12.4 Å². The van der Waals surface area contributed by atoms with Crippen molar-refractivity contribution in [2.24, 2.45) is 5.73 Å². The first kappa shape index (κ1) is 21.0. The summed E-state index contributed by atoms with van der Waals surface area (Å²) in [5.41, 5.74) is 8.64. The molecular weight excluding hydrogens is 386 g/mol. The van der Waals surface area contributed by atoms with Crippen LogP contribution in [0.5, 0.6) is 0 Å². The van der Waals surface area contributed by atoms with Crippen LogP contribution in [0.4, 0.5) is 11.4 Å². The maximum Gasteiger partial charge on any atom is 0.249 e. The van der Waals surface area contributed by atoms with Gasteiger partial charge in [0, 0.05) is 33.1 Å². The lowest BCUT2D eigenvalue weighted by Gasteiger charge is -2.34. The van der Waals surface area contributed by atoms with Crippen molar-refractivity contribution in [2.45, 2.75) is 44.2 Å². The van der Waals surface area contributed by atoms with Crippen molar-refractivity contribution in [3.8, 4) is 0 Å². The number of piperidine rings is 1. The van der Waals surface area contributed by atoms with E-state index in [4.69, 9.17) is 10.5 Å². The molecule has 30 heavy (non-hydrogen) atoms. The molecule has 0 radical (unpaired) electrons. The van der Waals surface area contributed by atoms with Gasteiger partial charge in [0.05, 0.1) is 24.1 Å². The Balaban J connectivity index is 1.40. The highest BCUT2D eigenvalue weighted by atomic mass is 16.5. The number of fused-ring (bicyclic) bond motifs is 1. The Hall–Kier alpha value is -2.20. The summed E-state index contributed by atoms with van der Waals surface area (Å²) in [5, 5.41) is 13.1. The fourth-order valence-corrected chi connectivity index (χ4v) is 4.57. The van der Waals surface area contributed by atoms with Gasteiger partial charge < -0.3 is 25.4 Å². The molecule has 9 nitrogen and oxygen atoms in total. The third kappa shape index (κ3) is 4.15. The minimum Gasteiger partial charge on any atom is -0.374 e. The summed E-state index contributed by atoms with van der Waals surface area (Å²) >= 11 is 0. The molecule has 2 saturated heterocycles. The molecule has 2 unspecified atom stereocenters. The monoisotopic (exact) mass is 417 g/mol. The van der Waals surface area contributed by atoms with Gasteiger partial charge in [-0.1, -0.05) is 6.07 Å². The predicted octanol–water partition coefficient (Wildman–Crippen LogP) is -0.384. The summed E-state index contributed by atoms with van der Waals surface area (Å²) in [5.74, 6) is -0.608. The van der Waals surface area contributed by atoms with Crippen LogP contribution in [-0.4, -0.2) is 80.2 Å². The number of morpholine rings is 1. The lowest BCUT2D eigenvalue weighted by Crippen LogP contribution is -2.56. The molecule has 2 amide bonds. The Morgan fingerprint density at radius 3 is 2.90 bits per heavy atom. The molecule has 9 heteroatoms. The van der Waals surface area contributed by atoms with Crippen LogP contribution in [0.15, 0.2) is 18.2 Å². The normalized spacial score (nSPS) is 27.4. The molecule has 1 aromatic carbocycles. The molecule has 0 aromatic heterocycles. The summed E-state index contributed by atoms with van der Waals surface area (Å²) in [6.45, 7) is 4.12. The molecule has 2 fully saturated rings. The number of nitrogens with two attached hydrogens (primary N) is 1. The van der Waals surface area contributed by atoms with E-state index in [1.54, 1.807) is 9.80 Å². The molecule has 0 aliphatic carbocycles. The van der Waals surface area contributed by atoms with Crippen molar-refractivity contribution < 1.29 is 19.4 Å². The number of aryl methyl sites for hydroxylation is 1. The van der Waals surface area contributed by atoms with Gasteiger partial charge in [-0.25, -0.2) is 0 Å². The van der Waals surface area contributed by atoms with Crippen molar-refractivity contribution in [2.75, 3.05) is 49.6 Å². The van der Waals surface area contributed by atoms with Gasteiger partial charge in [0.25, 0.3) is 0 Å². The van der Waals surface area contributed by atoms with Crippen molar-refractivity contribution in [3.63, 3.8) is 0 Å². The molecule has 164 valence electrons. The van der Waals surface area contributed by atoms with Crippen LogP contribution in [-0.2, 0) is 20.7 Å². The van der Waals surface area contributed by atoms with E-state index in [1.807, 2.05) is 13.1 Å². The fourth-order valence-electron chi connectivity index (χ4n) is 4.57. The molecule has 3 aliphatic rings. The zero-order valence-corrected chi connectivity index (χ0v) is 17.4. The summed E-state index contributed by atoms with van der Waals surface area (Å²) in [6.07, 6.45) is 1.84. The summed E-state index contributed by atoms with van der Waals surface area (Å²) in [7, 11) is 1.82. The summed E-state index contributed by atoms with van der Waals surface area (Å²) < 4.78 is 5.62. The number of nitrogens with zero attached hydrogens (tertiary/aromatic N) is 3. The van der Waals surface area contributed by atoms with Gasteiger partial charge >= 0.3 is 0 Å². The minimum atomic E-state index is -0.930. The Bertz CT molecular complexity index is 804. The highest BCUT2D eigenvalue weighted by Gasteiger charge is 2.41. The molecule has 3 aliphatic heterocycles. The fraction of sp³-hybridized carbons (Fsp3) is 0.619. The van der Waals surface area contributed by atoms with Crippen LogP contribution in [0.2, 0.25) is 0 Å². The molecule has 0 bridgehead atoms. The zero-order valence-electron chi connectivity index (χ0n) is 17.4. The maximum atomic E-state index is 12.3. The van der Waals surface area contributed by atoms with Gasteiger partial charge in [0.15, 0.2) is 0 Å². The van der Waals surface area contributed by atoms with E-state index >= 15 is 0 Å². The first-order chi connectivity index (χ1) is 14.5. The number of aliphatic hydroxyl groups is 1. The summed E-state index contributed by atoms with van der Waals surface area (Å²) in [4.78, 5) is 29.7.